The van der Waals surface area contributed by atoms with Crippen LogP contribution in [0.2, 0.25) is 5.02 Å². The molecule has 0 saturated heterocycles. The molecule has 1 aliphatic rings. The molecule has 0 amide bonds. The van der Waals surface area contributed by atoms with Crippen molar-refractivity contribution in [3.63, 3.8) is 0 Å². The Kier molecular flexibility index (Phi) is 4.19. The van der Waals surface area contributed by atoms with E-state index < -0.39 is 0 Å². The van der Waals surface area contributed by atoms with Crippen molar-refractivity contribution >= 4 is 11.6 Å². The molecule has 1 aromatic carbocycles. The average molecular weight is 289 g/mol. The summed E-state index contributed by atoms with van der Waals surface area (Å²) in [6, 6.07) is 14.2. The van der Waals surface area contributed by atoms with E-state index in [1.807, 2.05) is 42.5 Å². The average Bonchev–Trinajstić information content (AvgIpc) is 3.29. The van der Waals surface area contributed by atoms with Crippen LogP contribution in [0.15, 0.2) is 42.5 Å². The molecular weight excluding hydrogens is 272 g/mol. The largest absolute Gasteiger partial charge is 0.473 e. The van der Waals surface area contributed by atoms with Crippen LogP contribution < -0.4 is 10.1 Å². The van der Waals surface area contributed by atoms with Crippen molar-refractivity contribution in [1.29, 1.82) is 0 Å². The molecule has 0 spiro atoms. The van der Waals surface area contributed by atoms with Crippen LogP contribution in [0.5, 0.6) is 5.88 Å². The summed E-state index contributed by atoms with van der Waals surface area (Å²) < 4.78 is 5.71. The van der Waals surface area contributed by atoms with Gasteiger partial charge in [-0.25, -0.2) is 4.98 Å². The van der Waals surface area contributed by atoms with Crippen molar-refractivity contribution in [3.8, 4) is 5.88 Å². The molecule has 0 radical (unpaired) electrons. The Labute approximate surface area is 123 Å². The maximum Gasteiger partial charge on any atom is 0.213 e. The van der Waals surface area contributed by atoms with Crippen LogP contribution in [0, 0.1) is 0 Å². The van der Waals surface area contributed by atoms with Crippen molar-refractivity contribution in [3.05, 3.63) is 58.7 Å². The number of hydrogen-bond donors (Lipinski definition) is 1. The molecule has 1 fully saturated rings. The highest BCUT2D eigenvalue weighted by atomic mass is 35.5. The molecule has 1 aliphatic carbocycles. The number of pyridine rings is 1. The number of benzene rings is 1. The topological polar surface area (TPSA) is 34.1 Å². The van der Waals surface area contributed by atoms with Crippen LogP contribution in [0.1, 0.15) is 24.1 Å². The second-order valence-electron chi connectivity index (χ2n) is 5.04. The van der Waals surface area contributed by atoms with E-state index in [9.17, 15) is 0 Å². The van der Waals surface area contributed by atoms with E-state index in [1.54, 1.807) is 0 Å². The molecule has 0 atom stereocenters. The normalized spacial score (nSPS) is 14.2. The van der Waals surface area contributed by atoms with E-state index in [0.29, 0.717) is 18.5 Å². The van der Waals surface area contributed by atoms with Crippen molar-refractivity contribution in [2.45, 2.75) is 32.0 Å². The number of rotatable bonds is 6. The molecule has 4 heteroatoms. The van der Waals surface area contributed by atoms with Crippen LogP contribution >= 0.6 is 11.6 Å². The van der Waals surface area contributed by atoms with Crippen LogP contribution in [-0.2, 0) is 13.2 Å². The first-order valence-corrected chi connectivity index (χ1v) is 7.24. The van der Waals surface area contributed by atoms with Crippen molar-refractivity contribution in [2.24, 2.45) is 0 Å². The number of hydrogen-bond acceptors (Lipinski definition) is 3. The minimum Gasteiger partial charge on any atom is -0.473 e. The molecule has 1 saturated carbocycles. The molecule has 3 nitrogen and oxygen atoms in total. The zero-order valence-electron chi connectivity index (χ0n) is 11.2. The summed E-state index contributed by atoms with van der Waals surface area (Å²) in [5.74, 6) is 0.662. The van der Waals surface area contributed by atoms with Crippen molar-refractivity contribution in [1.82, 2.24) is 10.3 Å². The number of nitrogens with one attached hydrogen (secondary N) is 1. The first-order chi connectivity index (χ1) is 9.79. The highest BCUT2D eigenvalue weighted by Gasteiger charge is 2.20. The first kappa shape index (κ1) is 13.4. The molecule has 0 bridgehead atoms. The second-order valence-corrected chi connectivity index (χ2v) is 5.47. The number of nitrogens with zero attached hydrogens (tertiary/aromatic N) is 1. The summed E-state index contributed by atoms with van der Waals surface area (Å²) in [7, 11) is 0. The van der Waals surface area contributed by atoms with E-state index >= 15 is 0 Å². The smallest absolute Gasteiger partial charge is 0.213 e. The van der Waals surface area contributed by atoms with Crippen LogP contribution in [0.3, 0.4) is 0 Å². The molecule has 1 N–H and O–H groups in total. The zero-order chi connectivity index (χ0) is 13.8. The molecule has 2 aromatic rings. The second kappa shape index (κ2) is 6.25. The van der Waals surface area contributed by atoms with Gasteiger partial charge in [-0.2, -0.15) is 0 Å². The first-order valence-electron chi connectivity index (χ1n) is 6.86. The molecule has 3 rings (SSSR count). The summed E-state index contributed by atoms with van der Waals surface area (Å²) in [5.41, 5.74) is 2.10. The van der Waals surface area contributed by atoms with Gasteiger partial charge in [0.2, 0.25) is 5.88 Å². The lowest BCUT2D eigenvalue weighted by Gasteiger charge is -2.08. The summed E-state index contributed by atoms with van der Waals surface area (Å²) in [6.45, 7) is 1.31. The van der Waals surface area contributed by atoms with E-state index in [-0.39, 0.29) is 0 Å². The Bertz CT molecular complexity index is 567. The maximum atomic E-state index is 5.85. The fraction of sp³-hybridized carbons (Fsp3) is 0.312. The molecule has 104 valence electrons. The van der Waals surface area contributed by atoms with Crippen LogP contribution in [0.25, 0.3) is 0 Å². The predicted molar refractivity (Wildman–Crippen MR) is 79.9 cm³/mol. The zero-order valence-corrected chi connectivity index (χ0v) is 11.9. The van der Waals surface area contributed by atoms with Gasteiger partial charge in [-0.15, -0.1) is 0 Å². The van der Waals surface area contributed by atoms with Gasteiger partial charge in [0.15, 0.2) is 0 Å². The third-order valence-electron chi connectivity index (χ3n) is 3.23. The lowest BCUT2D eigenvalue weighted by Crippen LogP contribution is -2.16. The number of ether oxygens (including phenoxy) is 1. The van der Waals surface area contributed by atoms with Crippen LogP contribution in [0.4, 0.5) is 0 Å². The predicted octanol–water partition coefficient (Wildman–Crippen LogP) is 3.57. The minimum atomic E-state index is 0.504. The summed E-state index contributed by atoms with van der Waals surface area (Å²) in [5, 5.41) is 4.18. The molecule has 0 unspecified atom stereocenters. The van der Waals surface area contributed by atoms with Crippen LogP contribution in [-0.4, -0.2) is 11.0 Å². The van der Waals surface area contributed by atoms with Crippen molar-refractivity contribution < 1.29 is 4.74 Å². The molecule has 20 heavy (non-hydrogen) atoms. The Balaban J connectivity index is 1.56. The molecule has 1 heterocycles. The molecular formula is C16H17ClN2O. The Morgan fingerprint density at radius 2 is 1.95 bits per heavy atom. The number of aromatic nitrogens is 1. The van der Waals surface area contributed by atoms with E-state index in [1.165, 1.54) is 12.8 Å². The third kappa shape index (κ3) is 3.95. The van der Waals surface area contributed by atoms with Gasteiger partial charge in [-0.05, 0) is 36.6 Å². The van der Waals surface area contributed by atoms with Gasteiger partial charge in [-0.1, -0.05) is 29.8 Å². The van der Waals surface area contributed by atoms with Gasteiger partial charge >= 0.3 is 0 Å². The Morgan fingerprint density at radius 1 is 1.15 bits per heavy atom. The molecule has 0 aliphatic heterocycles. The summed E-state index contributed by atoms with van der Waals surface area (Å²) in [6.07, 6.45) is 2.57. The van der Waals surface area contributed by atoms with Gasteiger partial charge in [-0.3, -0.25) is 0 Å². The van der Waals surface area contributed by atoms with Gasteiger partial charge in [0.25, 0.3) is 0 Å². The molecule has 1 aromatic heterocycles. The lowest BCUT2D eigenvalue weighted by molar-refractivity contribution is 0.293. The summed E-state index contributed by atoms with van der Waals surface area (Å²) >= 11 is 5.85. The summed E-state index contributed by atoms with van der Waals surface area (Å²) in [4.78, 5) is 4.49. The van der Waals surface area contributed by atoms with Gasteiger partial charge in [0.05, 0.1) is 5.69 Å². The Hall–Kier alpha value is -1.58. The van der Waals surface area contributed by atoms with Crippen molar-refractivity contribution in [2.75, 3.05) is 0 Å². The SMILES string of the molecule is Clc1ccc(COc2cccc(CNC3CC3)n2)cc1. The minimum absolute atomic E-state index is 0.504. The standard InChI is InChI=1S/C16H17ClN2O/c17-13-6-4-12(5-7-13)11-20-16-3-1-2-15(19-16)10-18-14-8-9-14/h1-7,14,18H,8-11H2. The monoisotopic (exact) mass is 288 g/mol. The highest BCUT2D eigenvalue weighted by Crippen LogP contribution is 2.19. The quantitative estimate of drug-likeness (QED) is 0.882. The third-order valence-corrected chi connectivity index (χ3v) is 3.48. The fourth-order valence-corrected chi connectivity index (χ4v) is 2.04. The number of halogens is 1. The highest BCUT2D eigenvalue weighted by molar-refractivity contribution is 6.30. The fourth-order valence-electron chi connectivity index (χ4n) is 1.91. The van der Waals surface area contributed by atoms with E-state index in [0.717, 1.165) is 22.8 Å². The van der Waals surface area contributed by atoms with Gasteiger partial charge < -0.3 is 10.1 Å². The maximum absolute atomic E-state index is 5.85. The van der Waals surface area contributed by atoms with E-state index in [2.05, 4.69) is 10.3 Å². The Morgan fingerprint density at radius 3 is 2.70 bits per heavy atom. The lowest BCUT2D eigenvalue weighted by atomic mass is 10.2. The van der Waals surface area contributed by atoms with Gasteiger partial charge in [0, 0.05) is 23.7 Å². The van der Waals surface area contributed by atoms with E-state index in [4.69, 9.17) is 16.3 Å². The van der Waals surface area contributed by atoms with Gasteiger partial charge in [0.1, 0.15) is 6.61 Å².